The first kappa shape index (κ1) is 10.9. The van der Waals surface area contributed by atoms with Crippen molar-refractivity contribution in [1.29, 1.82) is 0 Å². The van der Waals surface area contributed by atoms with Crippen molar-refractivity contribution in [3.8, 4) is 5.75 Å². The molecule has 4 nitrogen and oxygen atoms in total. The molecule has 0 aliphatic carbocycles. The largest absolute Gasteiger partial charge is 0.481 e. The summed E-state index contributed by atoms with van der Waals surface area (Å²) in [6.07, 6.45) is 0. The van der Waals surface area contributed by atoms with Crippen LogP contribution in [0.5, 0.6) is 5.75 Å². The number of rotatable bonds is 2. The zero-order chi connectivity index (χ0) is 11.7. The Labute approximate surface area is 95.3 Å². The average Bonchev–Trinajstić information content (AvgIpc) is 2.26. The van der Waals surface area contributed by atoms with Gasteiger partial charge in [0.15, 0.2) is 18.1 Å². The molecule has 0 fully saturated rings. The molecule has 84 valence electrons. The number of carbonyl (C=O) groups excluding carboxylic acids is 2. The Morgan fingerprint density at radius 3 is 3.00 bits per heavy atom. The zero-order valence-electron chi connectivity index (χ0n) is 8.05. The van der Waals surface area contributed by atoms with Crippen LogP contribution in [0.25, 0.3) is 0 Å². The molecule has 0 saturated carbocycles. The molecule has 1 N–H and O–H groups in total. The SMILES string of the molecule is O=C1COc2c(cc(F)cc2C(=O)CCl)N1. The van der Waals surface area contributed by atoms with Crippen LogP contribution in [0.4, 0.5) is 10.1 Å². The van der Waals surface area contributed by atoms with Crippen LogP contribution in [0.1, 0.15) is 10.4 Å². The van der Waals surface area contributed by atoms with Crippen LogP contribution in [0.15, 0.2) is 12.1 Å². The Bertz CT molecular complexity index is 475. The van der Waals surface area contributed by atoms with Crippen LogP contribution in [-0.2, 0) is 4.79 Å². The van der Waals surface area contributed by atoms with Gasteiger partial charge in [0.05, 0.1) is 17.1 Å². The molecule has 0 unspecified atom stereocenters. The molecule has 1 aromatic carbocycles. The van der Waals surface area contributed by atoms with Crippen LogP contribution in [0.2, 0.25) is 0 Å². The summed E-state index contributed by atoms with van der Waals surface area (Å²) in [6.45, 7) is -0.193. The highest BCUT2D eigenvalue weighted by molar-refractivity contribution is 6.31. The molecule has 0 aromatic heterocycles. The van der Waals surface area contributed by atoms with Crippen molar-refractivity contribution in [2.24, 2.45) is 0 Å². The third kappa shape index (κ3) is 1.86. The third-order valence-corrected chi connectivity index (χ3v) is 2.34. The van der Waals surface area contributed by atoms with E-state index in [0.29, 0.717) is 0 Å². The van der Waals surface area contributed by atoms with Gasteiger partial charge in [-0.15, -0.1) is 11.6 Å². The highest BCUT2D eigenvalue weighted by Gasteiger charge is 2.23. The fourth-order valence-corrected chi connectivity index (χ4v) is 1.59. The van der Waals surface area contributed by atoms with Gasteiger partial charge < -0.3 is 10.1 Å². The first-order chi connectivity index (χ1) is 7.61. The Morgan fingerprint density at radius 2 is 2.31 bits per heavy atom. The number of anilines is 1. The van der Waals surface area contributed by atoms with E-state index in [-0.39, 0.29) is 35.4 Å². The molecule has 2 rings (SSSR count). The van der Waals surface area contributed by atoms with Crippen LogP contribution >= 0.6 is 11.6 Å². The van der Waals surface area contributed by atoms with Gasteiger partial charge in [0.25, 0.3) is 5.91 Å². The standard InChI is InChI=1S/C10H7ClFNO3/c11-3-8(14)6-1-5(12)2-7-10(6)16-4-9(15)13-7/h1-2H,3-4H2,(H,13,15). The van der Waals surface area contributed by atoms with Crippen molar-refractivity contribution in [1.82, 2.24) is 0 Å². The molecule has 0 atom stereocenters. The summed E-state index contributed by atoms with van der Waals surface area (Å²) in [7, 11) is 0. The highest BCUT2D eigenvalue weighted by Crippen LogP contribution is 2.33. The number of alkyl halides is 1. The molecule has 1 aromatic rings. The highest BCUT2D eigenvalue weighted by atomic mass is 35.5. The number of carbonyl (C=O) groups is 2. The summed E-state index contributed by atoms with van der Waals surface area (Å²) >= 11 is 5.40. The Hall–Kier alpha value is -1.62. The van der Waals surface area contributed by atoms with Crippen molar-refractivity contribution in [2.75, 3.05) is 17.8 Å². The van der Waals surface area contributed by atoms with Gasteiger partial charge in [-0.3, -0.25) is 9.59 Å². The average molecular weight is 244 g/mol. The van der Waals surface area contributed by atoms with Crippen LogP contribution in [0, 0.1) is 5.82 Å². The van der Waals surface area contributed by atoms with Crippen LogP contribution in [-0.4, -0.2) is 24.2 Å². The molecule has 6 heteroatoms. The maximum atomic E-state index is 13.2. The minimum atomic E-state index is -0.627. The lowest BCUT2D eigenvalue weighted by molar-refractivity contribution is -0.118. The number of fused-ring (bicyclic) bond motifs is 1. The third-order valence-electron chi connectivity index (χ3n) is 2.10. The predicted molar refractivity (Wildman–Crippen MR) is 55.6 cm³/mol. The van der Waals surface area contributed by atoms with Gasteiger partial charge in [0.2, 0.25) is 0 Å². The summed E-state index contributed by atoms with van der Waals surface area (Å²) in [6, 6.07) is 2.14. The number of amides is 1. The van der Waals surface area contributed by atoms with E-state index in [0.717, 1.165) is 12.1 Å². The fourth-order valence-electron chi connectivity index (χ4n) is 1.45. The second kappa shape index (κ2) is 4.09. The summed E-state index contributed by atoms with van der Waals surface area (Å²) in [5.74, 6) is -1.56. The molecule has 1 aliphatic heterocycles. The summed E-state index contributed by atoms with van der Waals surface area (Å²) in [5, 5.41) is 2.42. The second-order valence-electron chi connectivity index (χ2n) is 3.22. The molecule has 0 bridgehead atoms. The number of ketones is 1. The van der Waals surface area contributed by atoms with Gasteiger partial charge in [0, 0.05) is 6.07 Å². The fraction of sp³-hybridized carbons (Fsp3) is 0.200. The van der Waals surface area contributed by atoms with Gasteiger partial charge in [-0.1, -0.05) is 0 Å². The molecule has 16 heavy (non-hydrogen) atoms. The van der Waals surface area contributed by atoms with Crippen molar-refractivity contribution < 1.29 is 18.7 Å². The van der Waals surface area contributed by atoms with E-state index in [1.165, 1.54) is 0 Å². The zero-order valence-corrected chi connectivity index (χ0v) is 8.81. The van der Waals surface area contributed by atoms with E-state index in [4.69, 9.17) is 16.3 Å². The van der Waals surface area contributed by atoms with E-state index in [1.54, 1.807) is 0 Å². The van der Waals surface area contributed by atoms with Crippen LogP contribution < -0.4 is 10.1 Å². The number of nitrogens with one attached hydrogen (secondary N) is 1. The molecule has 1 amide bonds. The lowest BCUT2D eigenvalue weighted by Gasteiger charge is -2.20. The van der Waals surface area contributed by atoms with Crippen molar-refractivity contribution in [3.63, 3.8) is 0 Å². The number of benzene rings is 1. The van der Waals surface area contributed by atoms with Gasteiger partial charge in [0.1, 0.15) is 5.82 Å². The lowest BCUT2D eigenvalue weighted by atomic mass is 10.1. The number of halogens is 2. The smallest absolute Gasteiger partial charge is 0.262 e. The number of hydrogen-bond acceptors (Lipinski definition) is 3. The molecule has 1 aliphatic rings. The van der Waals surface area contributed by atoms with E-state index in [1.807, 2.05) is 0 Å². The molecular formula is C10H7ClFNO3. The quantitative estimate of drug-likeness (QED) is 0.634. The molecule has 0 spiro atoms. The second-order valence-corrected chi connectivity index (χ2v) is 3.49. The summed E-state index contributed by atoms with van der Waals surface area (Å²) in [5.41, 5.74) is 0.203. The normalized spacial score (nSPS) is 13.8. The summed E-state index contributed by atoms with van der Waals surface area (Å²) < 4.78 is 18.3. The lowest BCUT2D eigenvalue weighted by Crippen LogP contribution is -2.27. The molecule has 0 saturated heterocycles. The first-order valence-electron chi connectivity index (χ1n) is 4.47. The van der Waals surface area contributed by atoms with Gasteiger partial charge in [-0.2, -0.15) is 0 Å². The maximum absolute atomic E-state index is 13.2. The summed E-state index contributed by atoms with van der Waals surface area (Å²) in [4.78, 5) is 22.4. The monoisotopic (exact) mass is 243 g/mol. The number of hydrogen-bond donors (Lipinski definition) is 1. The minimum absolute atomic E-state index is 0.0463. The molecule has 1 heterocycles. The van der Waals surface area contributed by atoms with Gasteiger partial charge in [-0.05, 0) is 6.07 Å². The topological polar surface area (TPSA) is 55.4 Å². The molecular weight excluding hydrogens is 237 g/mol. The van der Waals surface area contributed by atoms with Crippen molar-refractivity contribution >= 4 is 29.0 Å². The van der Waals surface area contributed by atoms with Gasteiger partial charge in [-0.25, -0.2) is 4.39 Å². The van der Waals surface area contributed by atoms with Gasteiger partial charge >= 0.3 is 0 Å². The number of Topliss-reactive ketones (excluding diaryl/α,β-unsaturated/α-hetero) is 1. The van der Waals surface area contributed by atoms with Crippen LogP contribution in [0.3, 0.4) is 0 Å². The van der Waals surface area contributed by atoms with E-state index >= 15 is 0 Å². The Kier molecular flexibility index (Phi) is 2.78. The Balaban J connectivity index is 2.54. The van der Waals surface area contributed by atoms with E-state index in [9.17, 15) is 14.0 Å². The maximum Gasteiger partial charge on any atom is 0.262 e. The Morgan fingerprint density at radius 1 is 1.56 bits per heavy atom. The number of ether oxygens (including phenoxy) is 1. The predicted octanol–water partition coefficient (Wildman–Crippen LogP) is 1.58. The van der Waals surface area contributed by atoms with Crippen molar-refractivity contribution in [3.05, 3.63) is 23.5 Å². The minimum Gasteiger partial charge on any atom is -0.481 e. The van der Waals surface area contributed by atoms with E-state index < -0.39 is 11.6 Å². The molecule has 0 radical (unpaired) electrons. The first-order valence-corrected chi connectivity index (χ1v) is 5.00. The van der Waals surface area contributed by atoms with E-state index in [2.05, 4.69) is 5.32 Å². The van der Waals surface area contributed by atoms with Crippen molar-refractivity contribution in [2.45, 2.75) is 0 Å².